The van der Waals surface area contributed by atoms with Crippen LogP contribution in [0.15, 0.2) is 37.8 Å². The van der Waals surface area contributed by atoms with Crippen molar-refractivity contribution in [3.63, 3.8) is 0 Å². The van der Waals surface area contributed by atoms with Gasteiger partial charge in [-0.1, -0.05) is 56.0 Å². The molecule has 0 aliphatic heterocycles. The molecule has 0 aliphatic carbocycles. The minimum Gasteiger partial charge on any atom is -0.480 e. The number of thiazole rings is 1. The Morgan fingerprint density at radius 2 is 2.03 bits per heavy atom. The predicted molar refractivity (Wildman–Crippen MR) is 154 cm³/mol. The van der Waals surface area contributed by atoms with Crippen molar-refractivity contribution < 1.29 is 9.90 Å². The minimum atomic E-state index is -0.898. The average Bonchev–Trinajstić information content (AvgIpc) is 3.18. The van der Waals surface area contributed by atoms with Crippen LogP contribution in [-0.4, -0.2) is 42.6 Å². The molecule has 33 heavy (non-hydrogen) atoms. The van der Waals surface area contributed by atoms with Gasteiger partial charge in [-0.25, -0.2) is 9.98 Å². The number of aromatic nitrogens is 1. The fourth-order valence-corrected chi connectivity index (χ4v) is 6.41. The Balaban J connectivity index is 2.07. The summed E-state index contributed by atoms with van der Waals surface area (Å²) in [5, 5.41) is 12.0. The van der Waals surface area contributed by atoms with E-state index in [-0.39, 0.29) is 0 Å². The predicted octanol–water partition coefficient (Wildman–Crippen LogP) is 7.98. The van der Waals surface area contributed by atoms with Crippen LogP contribution in [0, 0.1) is 0 Å². The van der Waals surface area contributed by atoms with E-state index in [9.17, 15) is 9.90 Å². The van der Waals surface area contributed by atoms with Gasteiger partial charge in [0, 0.05) is 34.8 Å². The topological polar surface area (TPSA) is 65.8 Å². The standard InChI is InChI=1S/C23H31ClIN3O2S3/c1-4-5-6-7-8-12-28(21(25)27-18-10-9-16(24)14-19(18)31)13-11-17-15-32-22(26-17)33-23(2,3)20(29)30/h9-10,14-15,31H,4-8,11-13H2,1-3H3,(H,29,30). The number of unbranched alkanes of at least 4 members (excludes halogenated alkanes) is 4. The number of amidine groups is 1. The summed E-state index contributed by atoms with van der Waals surface area (Å²) in [6.07, 6.45) is 6.84. The number of aliphatic carboxylic acids is 1. The molecule has 10 heteroatoms. The summed E-state index contributed by atoms with van der Waals surface area (Å²) >= 11 is 15.7. The highest BCUT2D eigenvalue weighted by Gasteiger charge is 2.29. The van der Waals surface area contributed by atoms with Crippen molar-refractivity contribution in [3.8, 4) is 0 Å². The van der Waals surface area contributed by atoms with Crippen LogP contribution in [0.4, 0.5) is 5.69 Å². The van der Waals surface area contributed by atoms with E-state index >= 15 is 0 Å². The molecule has 0 saturated heterocycles. The lowest BCUT2D eigenvalue weighted by atomic mass is 10.1. The van der Waals surface area contributed by atoms with E-state index in [0.29, 0.717) is 5.02 Å². The molecule has 1 aromatic heterocycles. The van der Waals surface area contributed by atoms with Crippen LogP contribution < -0.4 is 0 Å². The second-order valence-electron chi connectivity index (χ2n) is 8.19. The number of nitrogens with zero attached hydrogens (tertiary/aromatic N) is 3. The number of thioether (sulfide) groups is 1. The molecule has 0 fully saturated rings. The Bertz CT molecular complexity index is 953. The molecule has 0 aliphatic rings. The first-order chi connectivity index (χ1) is 15.6. The van der Waals surface area contributed by atoms with E-state index in [1.807, 2.05) is 17.5 Å². The zero-order valence-corrected chi connectivity index (χ0v) is 24.6. The van der Waals surface area contributed by atoms with Crippen LogP contribution in [0.5, 0.6) is 0 Å². The zero-order valence-electron chi connectivity index (χ0n) is 19.2. The van der Waals surface area contributed by atoms with Gasteiger partial charge >= 0.3 is 5.97 Å². The molecule has 0 unspecified atom stereocenters. The van der Waals surface area contributed by atoms with Gasteiger partial charge in [0.2, 0.25) is 0 Å². The molecule has 0 bridgehead atoms. The number of hydrogen-bond acceptors (Lipinski definition) is 6. The fourth-order valence-electron chi connectivity index (χ4n) is 2.93. The molecule has 1 heterocycles. The largest absolute Gasteiger partial charge is 0.480 e. The number of rotatable bonds is 13. The van der Waals surface area contributed by atoms with Crippen molar-refractivity contribution in [2.45, 2.75) is 73.3 Å². The number of carboxylic acid groups (broad SMARTS) is 1. The van der Waals surface area contributed by atoms with Gasteiger partial charge < -0.3 is 10.0 Å². The highest BCUT2D eigenvalue weighted by Crippen LogP contribution is 2.35. The lowest BCUT2D eigenvalue weighted by molar-refractivity contribution is -0.138. The van der Waals surface area contributed by atoms with E-state index in [4.69, 9.17) is 16.6 Å². The maximum absolute atomic E-state index is 11.4. The van der Waals surface area contributed by atoms with E-state index < -0.39 is 10.7 Å². The zero-order chi connectivity index (χ0) is 24.4. The van der Waals surface area contributed by atoms with Gasteiger partial charge in [0.1, 0.15) is 4.75 Å². The quantitative estimate of drug-likeness (QED) is 0.0443. The molecule has 0 saturated carbocycles. The van der Waals surface area contributed by atoms with Crippen LogP contribution in [0.3, 0.4) is 0 Å². The summed E-state index contributed by atoms with van der Waals surface area (Å²) in [5.41, 5.74) is 1.77. The van der Waals surface area contributed by atoms with Crippen molar-refractivity contribution in [1.29, 1.82) is 0 Å². The lowest BCUT2D eigenvalue weighted by Crippen LogP contribution is -2.30. The highest BCUT2D eigenvalue weighted by atomic mass is 127. The summed E-state index contributed by atoms with van der Waals surface area (Å²) in [6, 6.07) is 5.51. The highest BCUT2D eigenvalue weighted by molar-refractivity contribution is 14.1. The third kappa shape index (κ3) is 9.95. The maximum Gasteiger partial charge on any atom is 0.319 e. The molecule has 2 rings (SSSR count). The molecular formula is C23H31ClIN3O2S3. The van der Waals surface area contributed by atoms with Crippen LogP contribution in [0.25, 0.3) is 0 Å². The average molecular weight is 640 g/mol. The van der Waals surface area contributed by atoms with Crippen molar-refractivity contribution in [2.75, 3.05) is 13.1 Å². The maximum atomic E-state index is 11.4. The first-order valence-electron chi connectivity index (χ1n) is 11.0. The van der Waals surface area contributed by atoms with Gasteiger partial charge in [0.25, 0.3) is 0 Å². The second-order valence-corrected chi connectivity index (χ2v) is 12.8. The van der Waals surface area contributed by atoms with Gasteiger partial charge in [-0.2, -0.15) is 0 Å². The van der Waals surface area contributed by atoms with Crippen molar-refractivity contribution in [2.24, 2.45) is 4.99 Å². The summed E-state index contributed by atoms with van der Waals surface area (Å²) in [4.78, 5) is 23.9. The third-order valence-electron chi connectivity index (χ3n) is 4.97. The molecule has 2 aromatic rings. The SMILES string of the molecule is CCCCCCCN(CCc1csc(SC(C)(C)C(=O)O)n1)C(I)=Nc1ccc(Cl)cc1S. The Morgan fingerprint density at radius 1 is 1.30 bits per heavy atom. The number of hydrogen-bond donors (Lipinski definition) is 2. The van der Waals surface area contributed by atoms with Crippen molar-refractivity contribution >= 4 is 85.4 Å². The third-order valence-corrected chi connectivity index (χ3v) is 8.66. The number of carboxylic acids is 1. The number of thiol groups is 1. The normalized spacial score (nSPS) is 12.2. The molecule has 5 nitrogen and oxygen atoms in total. The lowest BCUT2D eigenvalue weighted by Gasteiger charge is -2.23. The first-order valence-corrected chi connectivity index (χ1v) is 14.6. The van der Waals surface area contributed by atoms with Crippen molar-refractivity contribution in [1.82, 2.24) is 9.88 Å². The smallest absolute Gasteiger partial charge is 0.319 e. The molecule has 1 aromatic carbocycles. The fraction of sp³-hybridized carbons (Fsp3) is 0.522. The van der Waals surface area contributed by atoms with Gasteiger partial charge in [-0.15, -0.1) is 24.0 Å². The Labute approximate surface area is 229 Å². The van der Waals surface area contributed by atoms with E-state index in [1.165, 1.54) is 48.8 Å². The second kappa shape index (κ2) is 14.2. The Morgan fingerprint density at radius 3 is 2.70 bits per heavy atom. The summed E-state index contributed by atoms with van der Waals surface area (Å²) in [7, 11) is 0. The monoisotopic (exact) mass is 639 g/mol. The van der Waals surface area contributed by atoms with Crippen molar-refractivity contribution in [3.05, 3.63) is 34.3 Å². The number of carbonyl (C=O) groups is 1. The van der Waals surface area contributed by atoms with Crippen LogP contribution in [0.1, 0.15) is 58.6 Å². The molecular weight excluding hydrogens is 609 g/mol. The van der Waals surface area contributed by atoms with Crippen LogP contribution in [0.2, 0.25) is 5.02 Å². The molecule has 0 spiro atoms. The summed E-state index contributed by atoms with van der Waals surface area (Å²) in [6.45, 7) is 7.35. The Hall–Kier alpha value is -0.490. The molecule has 1 N–H and O–H groups in total. The van der Waals surface area contributed by atoms with E-state index in [1.54, 1.807) is 19.9 Å². The molecule has 0 radical (unpaired) electrons. The molecule has 0 atom stereocenters. The van der Waals surface area contributed by atoms with Gasteiger partial charge in [0.15, 0.2) is 8.18 Å². The summed E-state index contributed by atoms with van der Waals surface area (Å²) in [5.74, 6) is -0.838. The number of aliphatic imine (C=N–C) groups is 1. The Kier molecular flexibility index (Phi) is 12.3. The minimum absolute atomic E-state index is 0.644. The first kappa shape index (κ1) is 28.7. The summed E-state index contributed by atoms with van der Waals surface area (Å²) < 4.78 is 0.801. The van der Waals surface area contributed by atoms with E-state index in [2.05, 4.69) is 52.0 Å². The number of halogens is 2. The van der Waals surface area contributed by atoms with Crippen LogP contribution >= 0.6 is 69.9 Å². The van der Waals surface area contributed by atoms with Gasteiger partial charge in [0.05, 0.1) is 11.4 Å². The molecule has 182 valence electrons. The van der Waals surface area contributed by atoms with Gasteiger partial charge in [-0.05, 0) is 61.1 Å². The number of benzene rings is 1. The van der Waals surface area contributed by atoms with Crippen LogP contribution in [-0.2, 0) is 11.2 Å². The molecule has 0 amide bonds. The van der Waals surface area contributed by atoms with Gasteiger partial charge in [-0.3, -0.25) is 4.79 Å². The van der Waals surface area contributed by atoms with E-state index in [0.717, 1.165) is 50.4 Å².